The number of thioether (sulfide) groups is 1. The molecule has 1 N–H and O–H groups in total. The molecule has 120 valence electrons. The summed E-state index contributed by atoms with van der Waals surface area (Å²) >= 11 is 2.12. The molecule has 2 heterocycles. The Kier molecular flexibility index (Phi) is 7.11. The second-order valence-electron chi connectivity index (χ2n) is 6.14. The fourth-order valence-corrected chi connectivity index (χ4v) is 5.03. The number of rotatable bonds is 10. The molecule has 2 fully saturated rings. The number of carboxylic acid groups (broad SMARTS) is 1. The highest BCUT2D eigenvalue weighted by atomic mass is 32.2. The highest BCUT2D eigenvalue weighted by Crippen LogP contribution is 2.46. The van der Waals surface area contributed by atoms with Gasteiger partial charge in [0, 0.05) is 17.6 Å². The highest BCUT2D eigenvalue weighted by Gasteiger charge is 2.48. The van der Waals surface area contributed by atoms with Crippen LogP contribution in [0.3, 0.4) is 0 Å². The Morgan fingerprint density at radius 3 is 2.86 bits per heavy atom. The van der Waals surface area contributed by atoms with Gasteiger partial charge in [0.2, 0.25) is 0 Å². The maximum absolute atomic E-state index is 10.5. The molecule has 3 nitrogen and oxygen atoms in total. The van der Waals surface area contributed by atoms with Gasteiger partial charge in [-0.25, -0.2) is 0 Å². The molecule has 0 spiro atoms. The van der Waals surface area contributed by atoms with Gasteiger partial charge in [0.15, 0.2) is 0 Å². The average molecular weight is 312 g/mol. The quantitative estimate of drug-likeness (QED) is 0.483. The second-order valence-corrected chi connectivity index (χ2v) is 7.42. The Hall–Kier alpha value is -0.480. The van der Waals surface area contributed by atoms with Crippen LogP contribution in [0, 0.1) is 5.92 Å². The van der Waals surface area contributed by atoms with E-state index < -0.39 is 5.97 Å². The molecule has 2 rings (SSSR count). The predicted molar refractivity (Wildman–Crippen MR) is 87.8 cm³/mol. The van der Waals surface area contributed by atoms with Gasteiger partial charge in [-0.1, -0.05) is 25.5 Å². The lowest BCUT2D eigenvalue weighted by Gasteiger charge is -2.26. The molecule has 2 saturated heterocycles. The van der Waals surface area contributed by atoms with Crippen molar-refractivity contribution < 1.29 is 14.6 Å². The Labute approximate surface area is 132 Å². The van der Waals surface area contributed by atoms with E-state index in [1.165, 1.54) is 31.4 Å². The number of allylic oxidation sites excluding steroid dienone is 2. The van der Waals surface area contributed by atoms with Crippen LogP contribution in [0.1, 0.15) is 58.3 Å². The molecule has 4 atom stereocenters. The van der Waals surface area contributed by atoms with Crippen molar-refractivity contribution in [1.82, 2.24) is 0 Å². The Morgan fingerprint density at radius 2 is 2.10 bits per heavy atom. The summed E-state index contributed by atoms with van der Waals surface area (Å²) in [6.45, 7) is 2.25. The number of carbonyl (C=O) groups is 1. The summed E-state index contributed by atoms with van der Waals surface area (Å²) in [4.78, 5) is 10.5. The number of carboxylic acids is 1. The Morgan fingerprint density at radius 1 is 1.29 bits per heavy atom. The van der Waals surface area contributed by atoms with Crippen LogP contribution in [0.4, 0.5) is 0 Å². The third-order valence-corrected chi connectivity index (χ3v) is 6.06. The standard InChI is InChI=1S/C17H28O3S/c1-2-3-12-21-17-13(14-10-11-15(17)20-14)8-6-4-5-7-9-16(18)19/h4,6,13-15,17H,2-3,5,7-12H2,1H3,(H,18,19)/b6-4-/t13-,14+,15-,17+/m0/s1. The summed E-state index contributed by atoms with van der Waals surface area (Å²) in [5.74, 6) is 1.23. The van der Waals surface area contributed by atoms with E-state index in [0.717, 1.165) is 19.3 Å². The van der Waals surface area contributed by atoms with E-state index in [1.807, 2.05) is 0 Å². The fraction of sp³-hybridized carbons (Fsp3) is 0.824. The minimum atomic E-state index is -0.697. The number of hydrogen-bond donors (Lipinski definition) is 1. The number of unbranched alkanes of at least 4 members (excludes halogenated alkanes) is 2. The van der Waals surface area contributed by atoms with Gasteiger partial charge in [0.1, 0.15) is 0 Å². The van der Waals surface area contributed by atoms with Crippen molar-refractivity contribution in [1.29, 1.82) is 0 Å². The van der Waals surface area contributed by atoms with E-state index in [9.17, 15) is 4.79 Å². The molecule has 0 aromatic heterocycles. The van der Waals surface area contributed by atoms with Gasteiger partial charge in [0.25, 0.3) is 0 Å². The van der Waals surface area contributed by atoms with E-state index in [0.29, 0.717) is 23.4 Å². The van der Waals surface area contributed by atoms with Crippen LogP contribution in [0.5, 0.6) is 0 Å². The van der Waals surface area contributed by atoms with Crippen LogP contribution in [0.25, 0.3) is 0 Å². The van der Waals surface area contributed by atoms with Crippen LogP contribution in [-0.4, -0.2) is 34.3 Å². The molecule has 0 amide bonds. The molecule has 2 bridgehead atoms. The van der Waals surface area contributed by atoms with Crippen molar-refractivity contribution in [2.45, 2.75) is 75.7 Å². The summed E-state index contributed by atoms with van der Waals surface area (Å²) in [5.41, 5.74) is 0. The fourth-order valence-electron chi connectivity index (χ4n) is 3.36. The normalized spacial score (nSPS) is 31.3. The molecule has 0 radical (unpaired) electrons. The number of fused-ring (bicyclic) bond motifs is 2. The van der Waals surface area contributed by atoms with E-state index >= 15 is 0 Å². The highest BCUT2D eigenvalue weighted by molar-refractivity contribution is 7.99. The van der Waals surface area contributed by atoms with Gasteiger partial charge in [-0.15, -0.1) is 0 Å². The van der Waals surface area contributed by atoms with Gasteiger partial charge >= 0.3 is 5.97 Å². The minimum Gasteiger partial charge on any atom is -0.481 e. The van der Waals surface area contributed by atoms with Crippen molar-refractivity contribution in [3.8, 4) is 0 Å². The van der Waals surface area contributed by atoms with Crippen LogP contribution in [0.2, 0.25) is 0 Å². The van der Waals surface area contributed by atoms with Gasteiger partial charge in [0.05, 0.1) is 12.2 Å². The first-order valence-electron chi connectivity index (χ1n) is 8.36. The first-order chi connectivity index (χ1) is 10.2. The molecule has 0 aromatic carbocycles. The minimum absolute atomic E-state index is 0.275. The number of hydrogen-bond acceptors (Lipinski definition) is 3. The smallest absolute Gasteiger partial charge is 0.303 e. The van der Waals surface area contributed by atoms with Gasteiger partial charge < -0.3 is 9.84 Å². The van der Waals surface area contributed by atoms with Gasteiger partial charge in [-0.3, -0.25) is 4.79 Å². The zero-order chi connectivity index (χ0) is 15.1. The van der Waals surface area contributed by atoms with Crippen LogP contribution >= 0.6 is 11.8 Å². The zero-order valence-corrected chi connectivity index (χ0v) is 13.8. The van der Waals surface area contributed by atoms with Crippen molar-refractivity contribution in [2.75, 3.05) is 5.75 Å². The third-order valence-electron chi connectivity index (χ3n) is 4.50. The van der Waals surface area contributed by atoms with Crippen LogP contribution in [-0.2, 0) is 9.53 Å². The molecular weight excluding hydrogens is 284 g/mol. The van der Waals surface area contributed by atoms with E-state index in [4.69, 9.17) is 9.84 Å². The molecule has 0 saturated carbocycles. The van der Waals surface area contributed by atoms with Crippen molar-refractivity contribution in [2.24, 2.45) is 5.92 Å². The molecular formula is C17H28O3S. The van der Waals surface area contributed by atoms with Crippen molar-refractivity contribution >= 4 is 17.7 Å². The van der Waals surface area contributed by atoms with E-state index in [1.54, 1.807) is 0 Å². The topological polar surface area (TPSA) is 46.5 Å². The number of aliphatic carboxylic acids is 1. The lowest BCUT2D eigenvalue weighted by atomic mass is 9.86. The molecule has 0 aromatic rings. The maximum Gasteiger partial charge on any atom is 0.303 e. The molecule has 0 aliphatic carbocycles. The zero-order valence-electron chi connectivity index (χ0n) is 13.0. The predicted octanol–water partition coefficient (Wildman–Crippen LogP) is 4.27. The van der Waals surface area contributed by atoms with E-state index in [2.05, 4.69) is 30.8 Å². The van der Waals surface area contributed by atoms with Gasteiger partial charge in [-0.2, -0.15) is 11.8 Å². The summed E-state index contributed by atoms with van der Waals surface area (Å²) in [6.07, 6.45) is 13.4. The monoisotopic (exact) mass is 312 g/mol. The lowest BCUT2D eigenvalue weighted by molar-refractivity contribution is -0.137. The molecule has 21 heavy (non-hydrogen) atoms. The van der Waals surface area contributed by atoms with Crippen LogP contribution < -0.4 is 0 Å². The molecule has 2 aliphatic rings. The summed E-state index contributed by atoms with van der Waals surface area (Å²) in [7, 11) is 0. The lowest BCUT2D eigenvalue weighted by Crippen LogP contribution is -2.29. The third kappa shape index (κ3) is 5.03. The summed E-state index contributed by atoms with van der Waals surface area (Å²) in [5, 5.41) is 9.29. The number of ether oxygens (including phenoxy) is 1. The molecule has 2 aliphatic heterocycles. The van der Waals surface area contributed by atoms with Gasteiger partial charge in [-0.05, 0) is 44.3 Å². The summed E-state index contributed by atoms with van der Waals surface area (Å²) in [6, 6.07) is 0. The largest absolute Gasteiger partial charge is 0.481 e. The SMILES string of the molecule is CCCCS[C@@H]1[C@@H](C/C=C\CCCC(=O)O)[C@H]2CC[C@@H]1O2. The van der Waals surface area contributed by atoms with E-state index in [-0.39, 0.29) is 6.42 Å². The molecule has 4 heteroatoms. The Bertz CT molecular complexity index is 356. The van der Waals surface area contributed by atoms with Crippen molar-refractivity contribution in [3.05, 3.63) is 12.2 Å². The second kappa shape index (κ2) is 8.84. The summed E-state index contributed by atoms with van der Waals surface area (Å²) < 4.78 is 6.11. The van der Waals surface area contributed by atoms with Crippen molar-refractivity contribution in [3.63, 3.8) is 0 Å². The molecule has 0 unspecified atom stereocenters. The van der Waals surface area contributed by atoms with Crippen LogP contribution in [0.15, 0.2) is 12.2 Å². The first kappa shape index (κ1) is 16.9. The maximum atomic E-state index is 10.5. The average Bonchev–Trinajstić information content (AvgIpc) is 3.04. The Balaban J connectivity index is 1.72. The first-order valence-corrected chi connectivity index (χ1v) is 9.41.